The Balaban J connectivity index is 3.74. The van der Waals surface area contributed by atoms with Crippen LogP contribution in [-0.4, -0.2) is 28.2 Å². The summed E-state index contributed by atoms with van der Waals surface area (Å²) in [4.78, 5) is 36.8. The molecule has 0 aromatic rings. The SMILES string of the molecule is NC(CC(=O)OO[N+](=O)[O-])C(=O)O. The van der Waals surface area contributed by atoms with E-state index < -0.39 is 29.5 Å². The van der Waals surface area contributed by atoms with Crippen LogP contribution in [0.1, 0.15) is 6.42 Å². The Morgan fingerprint density at radius 2 is 2.15 bits per heavy atom. The molecule has 74 valence electrons. The van der Waals surface area contributed by atoms with Gasteiger partial charge in [0.1, 0.15) is 6.04 Å². The van der Waals surface area contributed by atoms with Gasteiger partial charge in [0.15, 0.2) is 0 Å². The lowest BCUT2D eigenvalue weighted by Gasteiger charge is -2.02. The summed E-state index contributed by atoms with van der Waals surface area (Å²) in [7, 11) is 0. The number of carboxylic acids is 1. The van der Waals surface area contributed by atoms with Gasteiger partial charge in [0.2, 0.25) is 0 Å². The van der Waals surface area contributed by atoms with E-state index in [0.717, 1.165) is 0 Å². The van der Waals surface area contributed by atoms with Crippen molar-refractivity contribution in [3.8, 4) is 0 Å². The predicted octanol–water partition coefficient (Wildman–Crippen LogP) is -1.55. The van der Waals surface area contributed by atoms with Crippen molar-refractivity contribution < 1.29 is 29.7 Å². The molecule has 0 aromatic carbocycles. The average molecular weight is 194 g/mol. The molecule has 0 aliphatic carbocycles. The fourth-order valence-electron chi connectivity index (χ4n) is 0.373. The molecule has 13 heavy (non-hydrogen) atoms. The van der Waals surface area contributed by atoms with Crippen LogP contribution in [0, 0.1) is 10.1 Å². The molecule has 9 heteroatoms. The zero-order valence-corrected chi connectivity index (χ0v) is 6.21. The van der Waals surface area contributed by atoms with Crippen molar-refractivity contribution in [1.82, 2.24) is 0 Å². The minimum Gasteiger partial charge on any atom is -0.480 e. The van der Waals surface area contributed by atoms with E-state index in [1.807, 2.05) is 0 Å². The van der Waals surface area contributed by atoms with Gasteiger partial charge in [0.25, 0.3) is 0 Å². The van der Waals surface area contributed by atoms with Crippen LogP contribution in [0.2, 0.25) is 0 Å². The van der Waals surface area contributed by atoms with Gasteiger partial charge in [0, 0.05) is 0 Å². The second kappa shape index (κ2) is 4.87. The third-order valence-electron chi connectivity index (χ3n) is 0.895. The third-order valence-corrected chi connectivity index (χ3v) is 0.895. The summed E-state index contributed by atoms with van der Waals surface area (Å²) in [6.07, 6.45) is -0.705. The first-order chi connectivity index (χ1) is 5.93. The molecule has 9 nitrogen and oxygen atoms in total. The molecule has 0 bridgehead atoms. The molecule has 0 aliphatic heterocycles. The molecule has 1 atom stereocenters. The van der Waals surface area contributed by atoms with Crippen molar-refractivity contribution in [1.29, 1.82) is 0 Å². The number of carboxylic acid groups (broad SMARTS) is 1. The number of carbonyl (C=O) groups is 2. The van der Waals surface area contributed by atoms with Crippen molar-refractivity contribution in [3.05, 3.63) is 10.1 Å². The van der Waals surface area contributed by atoms with Crippen molar-refractivity contribution in [3.63, 3.8) is 0 Å². The first kappa shape index (κ1) is 11.1. The van der Waals surface area contributed by atoms with Gasteiger partial charge in [-0.25, -0.2) is 4.79 Å². The monoisotopic (exact) mass is 194 g/mol. The van der Waals surface area contributed by atoms with E-state index in [-0.39, 0.29) is 0 Å². The Kier molecular flexibility index (Phi) is 4.16. The Labute approximate surface area is 71.1 Å². The van der Waals surface area contributed by atoms with Crippen LogP contribution in [0.5, 0.6) is 0 Å². The van der Waals surface area contributed by atoms with Crippen molar-refractivity contribution >= 4 is 11.9 Å². The highest BCUT2D eigenvalue weighted by Gasteiger charge is 2.18. The minimum atomic E-state index is -1.47. The summed E-state index contributed by atoms with van der Waals surface area (Å²) in [5.74, 6) is -2.65. The Bertz CT molecular complexity index is 227. The first-order valence-corrected chi connectivity index (χ1v) is 2.93. The number of hydrogen-bond acceptors (Lipinski definition) is 7. The molecular formula is C4H6N2O7. The van der Waals surface area contributed by atoms with Gasteiger partial charge in [-0.1, -0.05) is 4.99 Å². The minimum absolute atomic E-state index is 0.705. The molecule has 0 aromatic heterocycles. The molecule has 0 radical (unpaired) electrons. The molecule has 3 N–H and O–H groups in total. The number of nitrogens with two attached hydrogens (primary N) is 1. The molecule has 0 heterocycles. The third kappa shape index (κ3) is 5.38. The van der Waals surface area contributed by atoms with Crippen LogP contribution in [0.25, 0.3) is 0 Å². The quantitative estimate of drug-likeness (QED) is 0.304. The van der Waals surface area contributed by atoms with Crippen LogP contribution < -0.4 is 5.73 Å². The maximum Gasteiger partial charge on any atom is 0.345 e. The maximum absolute atomic E-state index is 10.5. The fourth-order valence-corrected chi connectivity index (χ4v) is 0.373. The molecule has 0 aliphatic rings. The summed E-state index contributed by atoms with van der Waals surface area (Å²) >= 11 is 0. The number of carbonyl (C=O) groups excluding carboxylic acids is 1. The number of rotatable bonds is 5. The summed E-state index contributed by atoms with van der Waals surface area (Å²) in [5, 5.41) is 16.3. The van der Waals surface area contributed by atoms with E-state index >= 15 is 0 Å². The lowest BCUT2D eigenvalue weighted by atomic mass is 10.2. The van der Waals surface area contributed by atoms with Crippen molar-refractivity contribution in [2.45, 2.75) is 12.5 Å². The zero-order valence-electron chi connectivity index (χ0n) is 6.21. The topological polar surface area (TPSA) is 142 Å². The van der Waals surface area contributed by atoms with E-state index in [4.69, 9.17) is 10.8 Å². The predicted molar refractivity (Wildman–Crippen MR) is 34.4 cm³/mol. The molecular weight excluding hydrogens is 188 g/mol. The van der Waals surface area contributed by atoms with Gasteiger partial charge in [-0.15, -0.1) is 10.1 Å². The second-order valence-electron chi connectivity index (χ2n) is 1.90. The van der Waals surface area contributed by atoms with Crippen LogP contribution in [0.3, 0.4) is 0 Å². The Morgan fingerprint density at radius 1 is 1.62 bits per heavy atom. The summed E-state index contributed by atoms with van der Waals surface area (Å²) < 4.78 is 0. The molecule has 1 unspecified atom stereocenters. The van der Waals surface area contributed by atoms with Crippen molar-refractivity contribution in [2.24, 2.45) is 5.73 Å². The molecule has 0 fully saturated rings. The highest BCUT2D eigenvalue weighted by atomic mass is 17.3. The molecule has 0 rings (SSSR count). The van der Waals surface area contributed by atoms with E-state index in [0.29, 0.717) is 0 Å². The summed E-state index contributed by atoms with van der Waals surface area (Å²) in [5.41, 5.74) is 4.90. The molecule has 0 saturated carbocycles. The van der Waals surface area contributed by atoms with Crippen molar-refractivity contribution in [2.75, 3.05) is 0 Å². The van der Waals surface area contributed by atoms with Gasteiger partial charge >= 0.3 is 17.0 Å². The van der Waals surface area contributed by atoms with E-state index in [2.05, 4.69) is 9.88 Å². The molecule has 0 spiro atoms. The van der Waals surface area contributed by atoms with Gasteiger partial charge in [-0.3, -0.25) is 9.68 Å². The fraction of sp³-hybridized carbons (Fsp3) is 0.500. The van der Waals surface area contributed by atoms with Gasteiger partial charge < -0.3 is 10.8 Å². The maximum atomic E-state index is 10.5. The number of aliphatic carboxylic acids is 1. The van der Waals surface area contributed by atoms with Crippen LogP contribution >= 0.6 is 0 Å². The summed E-state index contributed by atoms with van der Waals surface area (Å²) in [6, 6.07) is -1.47. The zero-order chi connectivity index (χ0) is 10.4. The van der Waals surface area contributed by atoms with Crippen LogP contribution in [-0.2, 0) is 19.5 Å². The standard InChI is InChI=1S/C4H6N2O7/c5-2(4(8)9)1-3(7)12-13-6(10)11/h2H,1,5H2,(H,8,9). The van der Waals surface area contributed by atoms with E-state index in [9.17, 15) is 19.7 Å². The number of nitrogens with zero attached hydrogens (tertiary/aromatic N) is 1. The Hall–Kier alpha value is -1.90. The van der Waals surface area contributed by atoms with Crippen LogP contribution in [0.15, 0.2) is 0 Å². The van der Waals surface area contributed by atoms with Gasteiger partial charge in [0.05, 0.1) is 6.42 Å². The summed E-state index contributed by atoms with van der Waals surface area (Å²) in [6.45, 7) is 0. The highest BCUT2D eigenvalue weighted by molar-refractivity contribution is 5.80. The van der Waals surface area contributed by atoms with E-state index in [1.165, 1.54) is 0 Å². The average Bonchev–Trinajstić information content (AvgIpc) is 2.00. The number of hydrogen-bond donors (Lipinski definition) is 2. The Morgan fingerprint density at radius 3 is 2.54 bits per heavy atom. The normalized spacial score (nSPS) is 11.5. The van der Waals surface area contributed by atoms with Gasteiger partial charge in [-0.05, 0) is 0 Å². The van der Waals surface area contributed by atoms with E-state index in [1.54, 1.807) is 0 Å². The molecule has 0 saturated heterocycles. The second-order valence-corrected chi connectivity index (χ2v) is 1.90. The molecule has 0 amide bonds. The van der Waals surface area contributed by atoms with Crippen LogP contribution in [0.4, 0.5) is 0 Å². The lowest BCUT2D eigenvalue weighted by Crippen LogP contribution is -2.33. The largest absolute Gasteiger partial charge is 0.480 e. The van der Waals surface area contributed by atoms with Gasteiger partial charge in [-0.2, -0.15) is 0 Å². The first-order valence-electron chi connectivity index (χ1n) is 2.93. The smallest absolute Gasteiger partial charge is 0.345 e. The lowest BCUT2D eigenvalue weighted by molar-refractivity contribution is -0.839. The highest BCUT2D eigenvalue weighted by Crippen LogP contribution is 1.93.